The number of unbranched alkanes of at least 4 members (excludes halogenated alkanes) is 1. The first kappa shape index (κ1) is 14.5. The molecular formula is C15H28N2. The van der Waals surface area contributed by atoms with Gasteiger partial charge in [0, 0.05) is 6.54 Å². The summed E-state index contributed by atoms with van der Waals surface area (Å²) < 4.78 is 0. The van der Waals surface area contributed by atoms with Crippen molar-refractivity contribution >= 4 is 0 Å². The van der Waals surface area contributed by atoms with Crippen molar-refractivity contribution in [1.82, 2.24) is 5.32 Å². The number of hydrogen-bond acceptors (Lipinski definition) is 2. The molecule has 0 saturated heterocycles. The van der Waals surface area contributed by atoms with Crippen LogP contribution in [0.5, 0.6) is 0 Å². The number of rotatable bonds is 8. The summed E-state index contributed by atoms with van der Waals surface area (Å²) in [6, 6.07) is 2.36. The summed E-state index contributed by atoms with van der Waals surface area (Å²) >= 11 is 0. The van der Waals surface area contributed by atoms with Crippen LogP contribution in [0.4, 0.5) is 0 Å². The van der Waals surface area contributed by atoms with Gasteiger partial charge in [-0.3, -0.25) is 0 Å². The van der Waals surface area contributed by atoms with Gasteiger partial charge < -0.3 is 5.32 Å². The molecule has 0 radical (unpaired) electrons. The van der Waals surface area contributed by atoms with Crippen molar-refractivity contribution in [3.05, 3.63) is 0 Å². The Bertz CT molecular complexity index is 269. The number of hydrogen-bond donors (Lipinski definition) is 1. The second-order valence-electron chi connectivity index (χ2n) is 6.65. The molecule has 98 valence electrons. The Morgan fingerprint density at radius 2 is 1.94 bits per heavy atom. The normalized spacial score (nSPS) is 18.1. The fourth-order valence-corrected chi connectivity index (χ4v) is 2.33. The Balaban J connectivity index is 2.01. The summed E-state index contributed by atoms with van der Waals surface area (Å²) in [6.45, 7) is 11.0. The van der Waals surface area contributed by atoms with Crippen LogP contribution in [-0.2, 0) is 0 Å². The van der Waals surface area contributed by atoms with E-state index in [4.69, 9.17) is 5.26 Å². The van der Waals surface area contributed by atoms with Crippen LogP contribution in [0.15, 0.2) is 0 Å². The Hall–Kier alpha value is -0.550. The molecule has 0 spiro atoms. The molecule has 0 aliphatic heterocycles. The predicted molar refractivity (Wildman–Crippen MR) is 72.6 cm³/mol. The molecule has 0 aromatic rings. The highest BCUT2D eigenvalue weighted by Crippen LogP contribution is 2.51. The van der Waals surface area contributed by atoms with Gasteiger partial charge in [-0.25, -0.2) is 0 Å². The highest BCUT2D eigenvalue weighted by Gasteiger charge is 2.44. The van der Waals surface area contributed by atoms with Crippen LogP contribution in [0, 0.1) is 28.1 Å². The van der Waals surface area contributed by atoms with Gasteiger partial charge >= 0.3 is 0 Å². The monoisotopic (exact) mass is 236 g/mol. The quantitative estimate of drug-likeness (QED) is 0.652. The minimum atomic E-state index is -0.143. The van der Waals surface area contributed by atoms with E-state index in [9.17, 15) is 0 Å². The second kappa shape index (κ2) is 5.87. The van der Waals surface area contributed by atoms with Gasteiger partial charge in [-0.1, -0.05) is 20.3 Å². The first-order chi connectivity index (χ1) is 7.92. The van der Waals surface area contributed by atoms with E-state index in [1.807, 2.05) is 13.8 Å². The van der Waals surface area contributed by atoms with Crippen LogP contribution in [0.3, 0.4) is 0 Å². The number of nitriles is 1. The molecule has 17 heavy (non-hydrogen) atoms. The summed E-state index contributed by atoms with van der Waals surface area (Å²) in [5.41, 5.74) is 0.474. The van der Waals surface area contributed by atoms with Crippen molar-refractivity contribution in [2.75, 3.05) is 13.1 Å². The van der Waals surface area contributed by atoms with Gasteiger partial charge in [0.15, 0.2) is 0 Å². The molecule has 2 nitrogen and oxygen atoms in total. The van der Waals surface area contributed by atoms with E-state index < -0.39 is 0 Å². The fraction of sp³-hybridized carbons (Fsp3) is 0.933. The van der Waals surface area contributed by atoms with Crippen LogP contribution in [0.25, 0.3) is 0 Å². The van der Waals surface area contributed by atoms with Crippen molar-refractivity contribution in [1.29, 1.82) is 5.26 Å². The van der Waals surface area contributed by atoms with Crippen molar-refractivity contribution < 1.29 is 0 Å². The van der Waals surface area contributed by atoms with Crippen LogP contribution < -0.4 is 5.32 Å². The molecule has 0 atom stereocenters. The van der Waals surface area contributed by atoms with Gasteiger partial charge in [-0.15, -0.1) is 0 Å². The lowest BCUT2D eigenvalue weighted by atomic mass is 9.89. The van der Waals surface area contributed by atoms with Gasteiger partial charge in [0.25, 0.3) is 0 Å². The topological polar surface area (TPSA) is 35.8 Å². The second-order valence-corrected chi connectivity index (χ2v) is 6.65. The molecule has 1 aliphatic carbocycles. The molecule has 1 fully saturated rings. The predicted octanol–water partition coefficient (Wildman–Crippen LogP) is 3.73. The van der Waals surface area contributed by atoms with E-state index in [-0.39, 0.29) is 5.41 Å². The van der Waals surface area contributed by atoms with Crippen LogP contribution in [-0.4, -0.2) is 13.1 Å². The summed E-state index contributed by atoms with van der Waals surface area (Å²) in [5.74, 6) is 0.813. The Labute approximate surface area is 107 Å². The highest BCUT2D eigenvalue weighted by molar-refractivity contribution is 4.97. The van der Waals surface area contributed by atoms with Crippen LogP contribution in [0.2, 0.25) is 0 Å². The summed E-state index contributed by atoms with van der Waals surface area (Å²) in [7, 11) is 0. The largest absolute Gasteiger partial charge is 0.316 e. The van der Waals surface area contributed by atoms with Crippen molar-refractivity contribution in [2.45, 2.75) is 59.8 Å². The van der Waals surface area contributed by atoms with Gasteiger partial charge in [-0.2, -0.15) is 5.26 Å². The van der Waals surface area contributed by atoms with Crippen molar-refractivity contribution in [2.24, 2.45) is 16.7 Å². The van der Waals surface area contributed by atoms with E-state index in [1.54, 1.807) is 0 Å². The van der Waals surface area contributed by atoms with E-state index in [0.717, 1.165) is 25.3 Å². The molecule has 0 unspecified atom stereocenters. The maximum atomic E-state index is 8.91. The molecule has 1 N–H and O–H groups in total. The lowest BCUT2D eigenvalue weighted by molar-refractivity contribution is 0.334. The van der Waals surface area contributed by atoms with Crippen molar-refractivity contribution in [3.63, 3.8) is 0 Å². The summed E-state index contributed by atoms with van der Waals surface area (Å²) in [5, 5.41) is 12.5. The van der Waals surface area contributed by atoms with E-state index in [0.29, 0.717) is 5.41 Å². The lowest BCUT2D eigenvalue weighted by Crippen LogP contribution is -2.28. The van der Waals surface area contributed by atoms with Crippen LogP contribution in [0.1, 0.15) is 59.8 Å². The van der Waals surface area contributed by atoms with E-state index >= 15 is 0 Å². The molecule has 0 bridgehead atoms. The SMILES string of the molecule is CC(C)C1(CNCCCCC(C)(C)C#N)CC1. The standard InChI is InChI=1S/C15H28N2/c1-13(2)15(8-9-15)12-17-10-6-5-7-14(3,4)11-16/h13,17H,5-10,12H2,1-4H3. The molecule has 0 amide bonds. The third kappa shape index (κ3) is 4.68. The average Bonchev–Trinajstić information content (AvgIpc) is 3.04. The van der Waals surface area contributed by atoms with Gasteiger partial charge in [-0.05, 0) is 57.4 Å². The maximum Gasteiger partial charge on any atom is 0.0683 e. The molecule has 2 heteroatoms. The van der Waals surface area contributed by atoms with E-state index in [1.165, 1.54) is 25.8 Å². The molecule has 1 saturated carbocycles. The molecule has 0 aromatic heterocycles. The summed E-state index contributed by atoms with van der Waals surface area (Å²) in [6.07, 6.45) is 6.17. The van der Waals surface area contributed by atoms with Gasteiger partial charge in [0.1, 0.15) is 0 Å². The zero-order valence-electron chi connectivity index (χ0n) is 12.0. The first-order valence-corrected chi connectivity index (χ1v) is 7.04. The third-order valence-electron chi connectivity index (χ3n) is 4.30. The van der Waals surface area contributed by atoms with Crippen LogP contribution >= 0.6 is 0 Å². The minimum Gasteiger partial charge on any atom is -0.316 e. The van der Waals surface area contributed by atoms with E-state index in [2.05, 4.69) is 25.2 Å². The smallest absolute Gasteiger partial charge is 0.0683 e. The molecule has 1 aliphatic rings. The van der Waals surface area contributed by atoms with Crippen molar-refractivity contribution in [3.8, 4) is 6.07 Å². The molecule has 1 rings (SSSR count). The highest BCUT2D eigenvalue weighted by atomic mass is 14.9. The van der Waals surface area contributed by atoms with Gasteiger partial charge in [0.2, 0.25) is 0 Å². The first-order valence-electron chi connectivity index (χ1n) is 7.04. The fourth-order valence-electron chi connectivity index (χ4n) is 2.33. The Morgan fingerprint density at radius 1 is 1.29 bits per heavy atom. The average molecular weight is 236 g/mol. The Morgan fingerprint density at radius 3 is 2.41 bits per heavy atom. The number of nitrogens with one attached hydrogen (secondary N) is 1. The minimum absolute atomic E-state index is 0.143. The lowest BCUT2D eigenvalue weighted by Gasteiger charge is -2.20. The summed E-state index contributed by atoms with van der Waals surface area (Å²) in [4.78, 5) is 0. The van der Waals surface area contributed by atoms with Gasteiger partial charge in [0.05, 0.1) is 11.5 Å². The molecule has 0 heterocycles. The number of nitrogens with zero attached hydrogens (tertiary/aromatic N) is 1. The third-order valence-corrected chi connectivity index (χ3v) is 4.30. The zero-order chi connectivity index (χ0) is 12.9. The Kier molecular flexibility index (Phi) is 5.01. The molecular weight excluding hydrogens is 208 g/mol. The maximum absolute atomic E-state index is 8.91. The zero-order valence-corrected chi connectivity index (χ0v) is 12.0. The molecule has 0 aromatic carbocycles.